The molecule has 3 amide bonds. The summed E-state index contributed by atoms with van der Waals surface area (Å²) in [6, 6.07) is 0.0415. The summed E-state index contributed by atoms with van der Waals surface area (Å²) in [4.78, 5) is 29.0. The van der Waals surface area contributed by atoms with Crippen molar-refractivity contribution in [1.82, 2.24) is 15.6 Å². The highest BCUT2D eigenvalue weighted by atomic mass is 32.1. The molecule has 1 fully saturated rings. The molecule has 1 aromatic heterocycles. The third-order valence-corrected chi connectivity index (χ3v) is 5.20. The van der Waals surface area contributed by atoms with E-state index >= 15 is 0 Å². The van der Waals surface area contributed by atoms with Crippen molar-refractivity contribution in [3.63, 3.8) is 0 Å². The molecule has 1 aliphatic carbocycles. The number of hydrogen-bond acceptors (Lipinski definition) is 4. The first-order valence-electron chi connectivity index (χ1n) is 8.08. The largest absolute Gasteiger partial charge is 0.351 e. The Bertz CT molecular complexity index is 550. The first-order chi connectivity index (χ1) is 10.7. The van der Waals surface area contributed by atoms with Crippen molar-refractivity contribution >= 4 is 28.4 Å². The Labute approximate surface area is 134 Å². The van der Waals surface area contributed by atoms with Gasteiger partial charge in [-0.3, -0.25) is 10.1 Å². The molecule has 0 aromatic carbocycles. The van der Waals surface area contributed by atoms with Crippen LogP contribution in [0.1, 0.15) is 60.3 Å². The Balaban J connectivity index is 1.59. The van der Waals surface area contributed by atoms with Crippen LogP contribution in [-0.2, 0) is 6.42 Å². The van der Waals surface area contributed by atoms with Crippen molar-refractivity contribution in [2.24, 2.45) is 0 Å². The molecule has 6 nitrogen and oxygen atoms in total. The second-order valence-electron chi connectivity index (χ2n) is 5.94. The fourth-order valence-corrected chi connectivity index (χ4v) is 3.96. The predicted molar refractivity (Wildman–Crippen MR) is 86.4 cm³/mol. The number of aryl methyl sites for hydroxylation is 1. The Morgan fingerprint density at radius 2 is 1.95 bits per heavy atom. The van der Waals surface area contributed by atoms with Crippen LogP contribution in [-0.4, -0.2) is 29.5 Å². The second kappa shape index (κ2) is 7.09. The highest BCUT2D eigenvalue weighted by Crippen LogP contribution is 2.25. The topological polar surface area (TPSA) is 83.1 Å². The molecule has 0 bridgehead atoms. The molecule has 0 saturated heterocycles. The number of amides is 3. The summed E-state index contributed by atoms with van der Waals surface area (Å²) in [5.41, 5.74) is 0.796. The van der Waals surface area contributed by atoms with E-state index in [9.17, 15) is 9.59 Å². The van der Waals surface area contributed by atoms with Gasteiger partial charge in [-0.1, -0.05) is 37.0 Å². The maximum Gasteiger partial charge on any atom is 0.321 e. The lowest BCUT2D eigenvalue weighted by atomic mass is 10.1. The molecule has 0 unspecified atom stereocenters. The minimum atomic E-state index is -0.212. The zero-order valence-electron chi connectivity index (χ0n) is 12.6. The van der Waals surface area contributed by atoms with Gasteiger partial charge in [-0.25, -0.2) is 9.78 Å². The van der Waals surface area contributed by atoms with Gasteiger partial charge in [0.15, 0.2) is 5.13 Å². The molecule has 0 spiro atoms. The van der Waals surface area contributed by atoms with Gasteiger partial charge >= 0.3 is 6.03 Å². The number of nitrogens with one attached hydrogen (secondary N) is 3. The van der Waals surface area contributed by atoms with Gasteiger partial charge in [-0.15, -0.1) is 0 Å². The molecule has 22 heavy (non-hydrogen) atoms. The summed E-state index contributed by atoms with van der Waals surface area (Å²) in [7, 11) is 0. The third-order valence-electron chi connectivity index (χ3n) is 4.19. The lowest BCUT2D eigenvalue weighted by Gasteiger charge is -2.15. The van der Waals surface area contributed by atoms with Crippen molar-refractivity contribution in [1.29, 1.82) is 0 Å². The fourth-order valence-electron chi connectivity index (χ4n) is 3.03. The van der Waals surface area contributed by atoms with Crippen molar-refractivity contribution in [3.8, 4) is 0 Å². The highest BCUT2D eigenvalue weighted by Gasteiger charge is 2.22. The van der Waals surface area contributed by atoms with Crippen LogP contribution in [0.3, 0.4) is 0 Å². The zero-order chi connectivity index (χ0) is 15.4. The van der Waals surface area contributed by atoms with Crippen LogP contribution in [0.5, 0.6) is 0 Å². The van der Waals surface area contributed by atoms with Crippen molar-refractivity contribution < 1.29 is 9.59 Å². The van der Waals surface area contributed by atoms with E-state index in [0.29, 0.717) is 16.6 Å². The van der Waals surface area contributed by atoms with E-state index in [4.69, 9.17) is 0 Å². The first-order valence-corrected chi connectivity index (χ1v) is 8.89. The van der Waals surface area contributed by atoms with Crippen molar-refractivity contribution in [2.45, 2.75) is 57.4 Å². The minimum Gasteiger partial charge on any atom is -0.351 e. The molecule has 3 N–H and O–H groups in total. The Morgan fingerprint density at radius 1 is 1.18 bits per heavy atom. The van der Waals surface area contributed by atoms with E-state index in [2.05, 4.69) is 20.9 Å². The summed E-state index contributed by atoms with van der Waals surface area (Å²) in [5, 5.41) is 9.16. The number of thiazole rings is 1. The SMILES string of the molecule is O=C(Nc1nc2c(s1)C(=O)NCCC2)NC1CCCCCC1. The van der Waals surface area contributed by atoms with Crippen LogP contribution < -0.4 is 16.0 Å². The number of fused-ring (bicyclic) bond motifs is 1. The predicted octanol–water partition coefficient (Wildman–Crippen LogP) is 2.66. The Hall–Kier alpha value is -1.63. The van der Waals surface area contributed by atoms with Crippen LogP contribution in [0, 0.1) is 0 Å². The van der Waals surface area contributed by atoms with Gasteiger partial charge in [0, 0.05) is 12.6 Å². The summed E-state index contributed by atoms with van der Waals surface area (Å²) in [6.07, 6.45) is 8.62. The number of nitrogens with zero attached hydrogens (tertiary/aromatic N) is 1. The Morgan fingerprint density at radius 3 is 2.73 bits per heavy atom. The maximum absolute atomic E-state index is 12.1. The number of carbonyl (C=O) groups excluding carboxylic acids is 2. The quantitative estimate of drug-likeness (QED) is 0.732. The van der Waals surface area contributed by atoms with E-state index in [1.54, 1.807) is 0 Å². The number of aromatic nitrogens is 1. The second-order valence-corrected chi connectivity index (χ2v) is 6.94. The number of rotatable bonds is 2. The molecule has 2 heterocycles. The monoisotopic (exact) mass is 322 g/mol. The van der Waals surface area contributed by atoms with E-state index in [-0.39, 0.29) is 18.0 Å². The van der Waals surface area contributed by atoms with Crippen LogP contribution in [0.15, 0.2) is 0 Å². The zero-order valence-corrected chi connectivity index (χ0v) is 13.4. The van der Waals surface area contributed by atoms with Gasteiger partial charge in [0.1, 0.15) is 4.88 Å². The normalized spacial score (nSPS) is 19.5. The van der Waals surface area contributed by atoms with Crippen molar-refractivity contribution in [2.75, 3.05) is 11.9 Å². The smallest absolute Gasteiger partial charge is 0.321 e. The molecule has 3 rings (SSSR count). The fraction of sp³-hybridized carbons (Fsp3) is 0.667. The highest BCUT2D eigenvalue weighted by molar-refractivity contribution is 7.17. The van der Waals surface area contributed by atoms with Gasteiger partial charge in [0.05, 0.1) is 5.69 Å². The van der Waals surface area contributed by atoms with E-state index in [1.807, 2.05) is 0 Å². The molecule has 1 aliphatic heterocycles. The molecule has 120 valence electrons. The van der Waals surface area contributed by atoms with Gasteiger partial charge < -0.3 is 10.6 Å². The van der Waals surface area contributed by atoms with Crippen molar-refractivity contribution in [3.05, 3.63) is 10.6 Å². The molecule has 7 heteroatoms. The molecule has 1 aromatic rings. The minimum absolute atomic E-state index is 0.0813. The molecule has 0 radical (unpaired) electrons. The average molecular weight is 322 g/mol. The molecule has 0 atom stereocenters. The van der Waals surface area contributed by atoms with Crippen LogP contribution in [0.25, 0.3) is 0 Å². The van der Waals surface area contributed by atoms with Gasteiger partial charge in [0.25, 0.3) is 5.91 Å². The summed E-state index contributed by atoms with van der Waals surface area (Å²) in [5.74, 6) is -0.0813. The van der Waals surface area contributed by atoms with Crippen LogP contribution >= 0.6 is 11.3 Å². The Kier molecular flexibility index (Phi) is 4.92. The number of anilines is 1. The first kappa shape index (κ1) is 15.3. The summed E-state index contributed by atoms with van der Waals surface area (Å²) in [6.45, 7) is 0.687. The van der Waals surface area contributed by atoms with Gasteiger partial charge in [0.2, 0.25) is 0 Å². The standard InChI is InChI=1S/C15H22N4O2S/c20-13-12-11(8-5-9-16-13)18-15(22-12)19-14(21)17-10-6-3-1-2-4-7-10/h10H,1-9H2,(H,16,20)(H2,17,18,19,21). The lowest BCUT2D eigenvalue weighted by Crippen LogP contribution is -2.37. The number of hydrogen-bond donors (Lipinski definition) is 3. The maximum atomic E-state index is 12.1. The molecular weight excluding hydrogens is 300 g/mol. The third kappa shape index (κ3) is 3.76. The molecule has 2 aliphatic rings. The summed E-state index contributed by atoms with van der Waals surface area (Å²) >= 11 is 1.26. The number of urea groups is 1. The van der Waals surface area contributed by atoms with E-state index in [1.165, 1.54) is 37.0 Å². The lowest BCUT2D eigenvalue weighted by molar-refractivity contribution is 0.0960. The van der Waals surface area contributed by atoms with Crippen LogP contribution in [0.2, 0.25) is 0 Å². The average Bonchev–Trinajstić information content (AvgIpc) is 2.64. The molecule has 1 saturated carbocycles. The van der Waals surface area contributed by atoms with E-state index in [0.717, 1.165) is 31.4 Å². The summed E-state index contributed by atoms with van der Waals surface area (Å²) < 4.78 is 0. The number of carbonyl (C=O) groups is 2. The molecular formula is C15H22N4O2S. The van der Waals surface area contributed by atoms with Crippen LogP contribution in [0.4, 0.5) is 9.93 Å². The van der Waals surface area contributed by atoms with Gasteiger partial charge in [-0.2, -0.15) is 0 Å². The van der Waals surface area contributed by atoms with Gasteiger partial charge in [-0.05, 0) is 25.7 Å². The van der Waals surface area contributed by atoms with E-state index < -0.39 is 0 Å².